The number of hydrogen-bond acceptors (Lipinski definition) is 5. The maximum absolute atomic E-state index is 13.6. The molecule has 11 heteroatoms. The summed E-state index contributed by atoms with van der Waals surface area (Å²) in [7, 11) is 2.07. The predicted octanol–water partition coefficient (Wildman–Crippen LogP) is 4.91. The number of ether oxygens (including phenoxy) is 1. The number of nitrogens with one attached hydrogen (secondary N) is 2. The molecule has 8 nitrogen and oxygen atoms in total. The van der Waals surface area contributed by atoms with Crippen LogP contribution in [0.25, 0.3) is 0 Å². The molecule has 2 aromatic carbocycles. The van der Waals surface area contributed by atoms with Gasteiger partial charge in [-0.3, -0.25) is 4.79 Å². The molecule has 0 bridgehead atoms. The van der Waals surface area contributed by atoms with Crippen molar-refractivity contribution < 1.29 is 32.6 Å². The lowest BCUT2D eigenvalue weighted by Gasteiger charge is -2.38. The number of alkyl halides is 3. The monoisotopic (exact) mass is 548 g/mol. The van der Waals surface area contributed by atoms with Crippen LogP contribution in [0.5, 0.6) is 5.75 Å². The number of nitrogens with zero attached hydrogens (tertiary/aromatic N) is 2. The van der Waals surface area contributed by atoms with E-state index in [-0.39, 0.29) is 35.8 Å². The third kappa shape index (κ3) is 7.42. The van der Waals surface area contributed by atoms with E-state index in [1.165, 1.54) is 18.9 Å². The molecule has 2 aromatic rings. The van der Waals surface area contributed by atoms with Gasteiger partial charge in [0.15, 0.2) is 0 Å². The van der Waals surface area contributed by atoms with E-state index in [1.807, 2.05) is 6.92 Å². The molecule has 3 N–H and O–H groups in total. The highest BCUT2D eigenvalue weighted by molar-refractivity contribution is 6.02. The SMILES string of the molecule is C[C@@H]1CN([C@@H](C)CO)C(=O)c2cc(NC(=O)Nc3ccc(C(F)(F)F)cc3)ccc2O[C@@H]1CN(C)CC1CC1. The highest BCUT2D eigenvalue weighted by Gasteiger charge is 2.34. The van der Waals surface area contributed by atoms with Crippen LogP contribution in [0.4, 0.5) is 29.3 Å². The van der Waals surface area contributed by atoms with Crippen LogP contribution in [0.1, 0.15) is 42.6 Å². The van der Waals surface area contributed by atoms with Gasteiger partial charge in [-0.2, -0.15) is 13.2 Å². The Kier molecular flexibility index (Phi) is 8.70. The molecule has 39 heavy (non-hydrogen) atoms. The Morgan fingerprint density at radius 1 is 1.13 bits per heavy atom. The summed E-state index contributed by atoms with van der Waals surface area (Å²) >= 11 is 0. The standard InChI is InChI=1S/C28H35F3N4O4/c1-17-13-35(18(2)16-36)26(37)23-12-22(10-11-24(23)39-25(17)15-34(3)14-19-4-5-19)33-27(38)32-21-8-6-20(7-9-21)28(29,30)31/h6-12,17-19,25,36H,4-5,13-16H2,1-3H3,(H2,32,33,38)/t17-,18+,25-/m1/s1. The molecule has 1 aliphatic carbocycles. The van der Waals surface area contributed by atoms with Crippen LogP contribution in [0, 0.1) is 11.8 Å². The second-order valence-corrected chi connectivity index (χ2v) is 10.7. The van der Waals surface area contributed by atoms with Crippen LogP contribution in [0.3, 0.4) is 0 Å². The molecule has 1 fully saturated rings. The van der Waals surface area contributed by atoms with Gasteiger partial charge in [0.05, 0.1) is 23.8 Å². The van der Waals surface area contributed by atoms with Crippen molar-refractivity contribution in [2.75, 3.05) is 43.9 Å². The second kappa shape index (κ2) is 11.8. The van der Waals surface area contributed by atoms with Gasteiger partial charge in [-0.1, -0.05) is 6.92 Å². The summed E-state index contributed by atoms with van der Waals surface area (Å²) in [6.07, 6.45) is -2.18. The van der Waals surface area contributed by atoms with Gasteiger partial charge in [0.2, 0.25) is 0 Å². The number of urea groups is 1. The third-order valence-electron chi connectivity index (χ3n) is 7.15. The van der Waals surface area contributed by atoms with Crippen molar-refractivity contribution in [3.63, 3.8) is 0 Å². The third-order valence-corrected chi connectivity index (χ3v) is 7.15. The first kappa shape index (κ1) is 28.7. The number of aliphatic hydroxyl groups excluding tert-OH is 1. The van der Waals surface area contributed by atoms with Crippen LogP contribution in [0.15, 0.2) is 42.5 Å². The molecular weight excluding hydrogens is 513 g/mol. The van der Waals surface area contributed by atoms with Crippen molar-refractivity contribution in [3.8, 4) is 5.75 Å². The highest BCUT2D eigenvalue weighted by atomic mass is 19.4. The zero-order valence-electron chi connectivity index (χ0n) is 22.3. The van der Waals surface area contributed by atoms with Gasteiger partial charge in [0.25, 0.3) is 5.91 Å². The fourth-order valence-corrected chi connectivity index (χ4v) is 4.68. The predicted molar refractivity (Wildman–Crippen MR) is 142 cm³/mol. The first-order valence-corrected chi connectivity index (χ1v) is 13.1. The smallest absolute Gasteiger partial charge is 0.416 e. The molecule has 0 unspecified atom stereocenters. The van der Waals surface area contributed by atoms with Crippen molar-refractivity contribution in [1.82, 2.24) is 9.80 Å². The molecule has 4 rings (SSSR count). The summed E-state index contributed by atoms with van der Waals surface area (Å²) in [5.74, 6) is 0.793. The van der Waals surface area contributed by atoms with Gasteiger partial charge in [0, 0.05) is 36.9 Å². The minimum Gasteiger partial charge on any atom is -0.488 e. The van der Waals surface area contributed by atoms with Gasteiger partial charge in [0.1, 0.15) is 11.9 Å². The number of carbonyl (C=O) groups excluding carboxylic acids is 2. The summed E-state index contributed by atoms with van der Waals surface area (Å²) in [6, 6.07) is 7.75. The normalized spacial score (nSPS) is 20.5. The summed E-state index contributed by atoms with van der Waals surface area (Å²) in [5.41, 5.74) is -0.0741. The number of halogens is 3. The Labute approximate surface area is 226 Å². The van der Waals surface area contributed by atoms with E-state index in [9.17, 15) is 27.9 Å². The molecule has 1 aliphatic heterocycles. The van der Waals surface area contributed by atoms with Crippen molar-refractivity contribution in [1.29, 1.82) is 0 Å². The Morgan fingerprint density at radius 2 is 1.77 bits per heavy atom. The zero-order valence-corrected chi connectivity index (χ0v) is 22.3. The van der Waals surface area contributed by atoms with E-state index >= 15 is 0 Å². The summed E-state index contributed by atoms with van der Waals surface area (Å²) < 4.78 is 44.8. The zero-order chi connectivity index (χ0) is 28.3. The summed E-state index contributed by atoms with van der Waals surface area (Å²) in [4.78, 5) is 30.0. The molecule has 0 aromatic heterocycles. The molecule has 212 valence electrons. The lowest BCUT2D eigenvalue weighted by molar-refractivity contribution is -0.137. The number of amides is 3. The maximum Gasteiger partial charge on any atom is 0.416 e. The maximum atomic E-state index is 13.6. The Balaban J connectivity index is 1.52. The summed E-state index contributed by atoms with van der Waals surface area (Å²) in [6.45, 7) is 5.68. The first-order chi connectivity index (χ1) is 18.4. The number of carbonyl (C=O) groups is 2. The lowest BCUT2D eigenvalue weighted by atomic mass is 9.99. The van der Waals surface area contributed by atoms with Gasteiger partial charge < -0.3 is 30.3 Å². The van der Waals surface area contributed by atoms with Gasteiger partial charge >= 0.3 is 12.2 Å². The second-order valence-electron chi connectivity index (χ2n) is 10.7. The number of likely N-dealkylation sites (N-methyl/N-ethyl adjacent to an activating group) is 1. The van der Waals surface area contributed by atoms with E-state index < -0.39 is 23.8 Å². The fraction of sp³-hybridized carbons (Fsp3) is 0.500. The number of hydrogen-bond donors (Lipinski definition) is 3. The average molecular weight is 549 g/mol. The summed E-state index contributed by atoms with van der Waals surface area (Å²) in [5, 5.41) is 14.9. The van der Waals surface area contributed by atoms with E-state index in [4.69, 9.17) is 4.74 Å². The highest BCUT2D eigenvalue weighted by Crippen LogP contribution is 2.33. The molecule has 0 radical (unpaired) electrons. The topological polar surface area (TPSA) is 94.1 Å². The molecule has 0 saturated heterocycles. The lowest BCUT2D eigenvalue weighted by Crippen LogP contribution is -2.50. The van der Waals surface area contributed by atoms with Crippen molar-refractivity contribution in [3.05, 3.63) is 53.6 Å². The number of aliphatic hydroxyl groups is 1. The van der Waals surface area contributed by atoms with Gasteiger partial charge in [-0.15, -0.1) is 0 Å². The first-order valence-electron chi connectivity index (χ1n) is 13.1. The number of anilines is 2. The van der Waals surface area contributed by atoms with Gasteiger partial charge in [-0.05, 0) is 75.2 Å². The van der Waals surface area contributed by atoms with E-state index in [0.29, 0.717) is 24.5 Å². The number of benzene rings is 2. The molecule has 2 aliphatic rings. The molecular formula is C28H35F3N4O4. The quantitative estimate of drug-likeness (QED) is 0.436. The minimum atomic E-state index is -4.47. The Hall–Kier alpha value is -3.31. The van der Waals surface area contributed by atoms with E-state index in [0.717, 1.165) is 36.7 Å². The van der Waals surface area contributed by atoms with E-state index in [2.05, 4.69) is 22.6 Å². The average Bonchev–Trinajstić information content (AvgIpc) is 3.69. The Morgan fingerprint density at radius 3 is 2.38 bits per heavy atom. The molecule has 0 spiro atoms. The van der Waals surface area contributed by atoms with Crippen molar-refractivity contribution >= 4 is 23.3 Å². The van der Waals surface area contributed by atoms with Gasteiger partial charge in [-0.25, -0.2) is 4.79 Å². The molecule has 3 atom stereocenters. The number of rotatable bonds is 8. The molecule has 3 amide bonds. The van der Waals surface area contributed by atoms with Crippen LogP contribution in [-0.4, -0.2) is 72.3 Å². The molecule has 1 heterocycles. The Bertz CT molecular complexity index is 1170. The van der Waals surface area contributed by atoms with Crippen molar-refractivity contribution in [2.45, 2.75) is 45.0 Å². The minimum absolute atomic E-state index is 0.00469. The van der Waals surface area contributed by atoms with Crippen LogP contribution < -0.4 is 15.4 Å². The largest absolute Gasteiger partial charge is 0.488 e. The van der Waals surface area contributed by atoms with Crippen LogP contribution >= 0.6 is 0 Å². The number of fused-ring (bicyclic) bond motifs is 1. The van der Waals surface area contributed by atoms with E-state index in [1.54, 1.807) is 24.0 Å². The van der Waals surface area contributed by atoms with Crippen LogP contribution in [0.2, 0.25) is 0 Å². The molecule has 1 saturated carbocycles. The van der Waals surface area contributed by atoms with Crippen molar-refractivity contribution in [2.24, 2.45) is 11.8 Å². The van der Waals surface area contributed by atoms with Crippen LogP contribution in [-0.2, 0) is 6.18 Å². The fourth-order valence-electron chi connectivity index (χ4n) is 4.68.